The van der Waals surface area contributed by atoms with Crippen LogP contribution in [0.5, 0.6) is 0 Å². The average molecular weight is 302 g/mol. The summed E-state index contributed by atoms with van der Waals surface area (Å²) in [6, 6.07) is 9.98. The highest BCUT2D eigenvalue weighted by atomic mass is 32.1. The minimum absolute atomic E-state index is 0.326. The maximum absolute atomic E-state index is 12.2. The molecule has 4 nitrogen and oxygen atoms in total. The number of aryl methyl sites for hydroxylation is 1. The monoisotopic (exact) mass is 302 g/mol. The van der Waals surface area contributed by atoms with Crippen LogP contribution in [0, 0.1) is 6.92 Å². The van der Waals surface area contributed by atoms with Crippen molar-refractivity contribution in [3.8, 4) is 10.4 Å². The molecule has 2 aromatic rings. The number of hydrogen-bond donors (Lipinski definition) is 2. The fraction of sp³-hybridized carbons (Fsp3) is 0.375. The first kappa shape index (κ1) is 14.2. The molecule has 1 amide bonds. The van der Waals surface area contributed by atoms with Gasteiger partial charge >= 0.3 is 0 Å². The second-order valence-corrected chi connectivity index (χ2v) is 6.49. The Morgan fingerprint density at radius 1 is 1.29 bits per heavy atom. The Kier molecular flexibility index (Phi) is 3.78. The molecule has 0 saturated heterocycles. The van der Waals surface area contributed by atoms with E-state index in [1.165, 1.54) is 11.3 Å². The van der Waals surface area contributed by atoms with Gasteiger partial charge in [0.05, 0.1) is 10.6 Å². The highest BCUT2D eigenvalue weighted by Gasteiger charge is 2.39. The summed E-state index contributed by atoms with van der Waals surface area (Å²) < 4.78 is 0. The Morgan fingerprint density at radius 2 is 1.95 bits per heavy atom. The predicted molar refractivity (Wildman–Crippen MR) is 84.3 cm³/mol. The smallest absolute Gasteiger partial charge is 0.258 e. The van der Waals surface area contributed by atoms with Gasteiger partial charge < -0.3 is 5.11 Å². The first-order valence-corrected chi connectivity index (χ1v) is 7.97. The molecule has 5 heteroatoms. The van der Waals surface area contributed by atoms with Crippen molar-refractivity contribution in [2.24, 2.45) is 0 Å². The molecule has 1 fully saturated rings. The van der Waals surface area contributed by atoms with Crippen molar-refractivity contribution in [3.05, 3.63) is 36.0 Å². The zero-order valence-electron chi connectivity index (χ0n) is 11.9. The van der Waals surface area contributed by atoms with Crippen LogP contribution in [0.4, 0.5) is 5.13 Å². The van der Waals surface area contributed by atoms with Crippen LogP contribution in [-0.2, 0) is 4.79 Å². The lowest BCUT2D eigenvalue weighted by atomic mass is 10.0. The van der Waals surface area contributed by atoms with Gasteiger partial charge in [0.2, 0.25) is 0 Å². The molecule has 1 aromatic carbocycles. The second kappa shape index (κ2) is 5.58. The Morgan fingerprint density at radius 3 is 2.62 bits per heavy atom. The number of anilines is 1. The van der Waals surface area contributed by atoms with E-state index in [1.54, 1.807) is 0 Å². The van der Waals surface area contributed by atoms with E-state index in [0.717, 1.165) is 29.0 Å². The number of nitrogens with zero attached hydrogens (tertiary/aromatic N) is 1. The van der Waals surface area contributed by atoms with Gasteiger partial charge in [0.15, 0.2) is 5.13 Å². The number of benzene rings is 1. The summed E-state index contributed by atoms with van der Waals surface area (Å²) in [4.78, 5) is 17.6. The number of aromatic nitrogens is 1. The molecule has 0 spiro atoms. The summed E-state index contributed by atoms with van der Waals surface area (Å²) in [6.07, 6.45) is 2.87. The van der Waals surface area contributed by atoms with Crippen LogP contribution in [0.15, 0.2) is 30.3 Å². The minimum Gasteiger partial charge on any atom is -0.380 e. The van der Waals surface area contributed by atoms with Gasteiger partial charge in [-0.2, -0.15) is 0 Å². The fourth-order valence-electron chi connectivity index (χ4n) is 2.71. The largest absolute Gasteiger partial charge is 0.380 e. The van der Waals surface area contributed by atoms with Crippen LogP contribution in [0.1, 0.15) is 31.4 Å². The number of aliphatic hydroxyl groups is 1. The summed E-state index contributed by atoms with van der Waals surface area (Å²) in [5.41, 5.74) is 0.763. The molecule has 0 radical (unpaired) electrons. The number of amides is 1. The van der Waals surface area contributed by atoms with E-state index < -0.39 is 5.60 Å². The van der Waals surface area contributed by atoms with E-state index >= 15 is 0 Å². The molecular formula is C16H18N2O2S. The van der Waals surface area contributed by atoms with Gasteiger partial charge in [0.25, 0.3) is 5.91 Å². The minimum atomic E-state index is -1.22. The summed E-state index contributed by atoms with van der Waals surface area (Å²) >= 11 is 1.44. The first-order valence-electron chi connectivity index (χ1n) is 7.15. The van der Waals surface area contributed by atoms with Crippen molar-refractivity contribution < 1.29 is 9.90 Å². The summed E-state index contributed by atoms with van der Waals surface area (Å²) in [6.45, 7) is 1.93. The number of thiazole rings is 1. The third kappa shape index (κ3) is 2.84. The van der Waals surface area contributed by atoms with E-state index in [9.17, 15) is 9.90 Å². The molecule has 0 unspecified atom stereocenters. The summed E-state index contributed by atoms with van der Waals surface area (Å²) in [5.74, 6) is -0.326. The summed E-state index contributed by atoms with van der Waals surface area (Å²) in [7, 11) is 0. The predicted octanol–water partition coefficient (Wildman–Crippen LogP) is 3.36. The third-order valence-corrected chi connectivity index (χ3v) is 5.03. The second-order valence-electron chi connectivity index (χ2n) is 5.49. The fourth-order valence-corrected chi connectivity index (χ4v) is 3.67. The van der Waals surface area contributed by atoms with Crippen LogP contribution >= 0.6 is 11.3 Å². The van der Waals surface area contributed by atoms with Gasteiger partial charge in [-0.25, -0.2) is 4.98 Å². The lowest BCUT2D eigenvalue weighted by molar-refractivity contribution is -0.133. The van der Waals surface area contributed by atoms with Crippen LogP contribution in [0.3, 0.4) is 0 Å². The molecule has 1 aliphatic carbocycles. The molecule has 3 rings (SSSR count). The molecule has 1 aromatic heterocycles. The van der Waals surface area contributed by atoms with E-state index in [-0.39, 0.29) is 5.91 Å². The van der Waals surface area contributed by atoms with E-state index in [4.69, 9.17) is 0 Å². The quantitative estimate of drug-likeness (QED) is 0.914. The van der Waals surface area contributed by atoms with Crippen molar-refractivity contribution in [2.75, 3.05) is 5.32 Å². The molecule has 2 N–H and O–H groups in total. The maximum Gasteiger partial charge on any atom is 0.258 e. The van der Waals surface area contributed by atoms with Gasteiger partial charge in [-0.05, 0) is 38.2 Å². The molecule has 1 heterocycles. The van der Waals surface area contributed by atoms with Crippen LogP contribution in [0.2, 0.25) is 0 Å². The van der Waals surface area contributed by atoms with Gasteiger partial charge in [-0.1, -0.05) is 41.7 Å². The SMILES string of the molecule is Cc1nc(NC(=O)C2(O)CCCC2)sc1-c1ccccc1. The Balaban J connectivity index is 1.80. The maximum atomic E-state index is 12.2. The van der Waals surface area contributed by atoms with E-state index in [2.05, 4.69) is 10.3 Å². The number of nitrogens with one attached hydrogen (secondary N) is 1. The molecular weight excluding hydrogens is 284 g/mol. The molecule has 0 bridgehead atoms. The first-order chi connectivity index (χ1) is 10.1. The Hall–Kier alpha value is -1.72. The van der Waals surface area contributed by atoms with Crippen molar-refractivity contribution in [1.29, 1.82) is 0 Å². The van der Waals surface area contributed by atoms with Crippen molar-refractivity contribution in [3.63, 3.8) is 0 Å². The number of carbonyl (C=O) groups excluding carboxylic acids is 1. The van der Waals surface area contributed by atoms with Crippen molar-refractivity contribution in [2.45, 2.75) is 38.2 Å². The van der Waals surface area contributed by atoms with Crippen LogP contribution in [-0.4, -0.2) is 21.6 Å². The van der Waals surface area contributed by atoms with Crippen LogP contribution in [0.25, 0.3) is 10.4 Å². The van der Waals surface area contributed by atoms with Crippen molar-refractivity contribution in [1.82, 2.24) is 4.98 Å². The molecule has 21 heavy (non-hydrogen) atoms. The van der Waals surface area contributed by atoms with E-state index in [1.807, 2.05) is 37.3 Å². The summed E-state index contributed by atoms with van der Waals surface area (Å²) in [5, 5.41) is 13.6. The van der Waals surface area contributed by atoms with Gasteiger partial charge in [0.1, 0.15) is 5.60 Å². The molecule has 0 aliphatic heterocycles. The van der Waals surface area contributed by atoms with Gasteiger partial charge in [-0.15, -0.1) is 0 Å². The number of rotatable bonds is 3. The third-order valence-electron chi connectivity index (χ3n) is 3.91. The molecule has 110 valence electrons. The topological polar surface area (TPSA) is 62.2 Å². The molecule has 0 atom stereocenters. The standard InChI is InChI=1S/C16H18N2O2S/c1-11-13(12-7-3-2-4-8-12)21-15(17-11)18-14(19)16(20)9-5-6-10-16/h2-4,7-8,20H,5-6,9-10H2,1H3,(H,17,18,19). The van der Waals surface area contributed by atoms with E-state index in [0.29, 0.717) is 18.0 Å². The lowest BCUT2D eigenvalue weighted by Crippen LogP contribution is -2.40. The lowest BCUT2D eigenvalue weighted by Gasteiger charge is -2.19. The highest BCUT2D eigenvalue weighted by Crippen LogP contribution is 2.34. The number of carbonyl (C=O) groups is 1. The average Bonchev–Trinajstić information content (AvgIpc) is 3.07. The Labute approximate surface area is 127 Å². The normalized spacial score (nSPS) is 16.9. The zero-order valence-corrected chi connectivity index (χ0v) is 12.7. The molecule has 1 saturated carbocycles. The van der Waals surface area contributed by atoms with Crippen molar-refractivity contribution >= 4 is 22.4 Å². The Bertz CT molecular complexity index is 646. The molecule has 1 aliphatic rings. The van der Waals surface area contributed by atoms with Crippen LogP contribution < -0.4 is 5.32 Å². The van der Waals surface area contributed by atoms with Gasteiger partial charge in [-0.3, -0.25) is 10.1 Å². The number of hydrogen-bond acceptors (Lipinski definition) is 4. The zero-order chi connectivity index (χ0) is 14.9. The van der Waals surface area contributed by atoms with Gasteiger partial charge in [0, 0.05) is 0 Å². The highest BCUT2D eigenvalue weighted by molar-refractivity contribution is 7.19.